The van der Waals surface area contributed by atoms with Crippen LogP contribution >= 0.6 is 0 Å². The summed E-state index contributed by atoms with van der Waals surface area (Å²) in [5.41, 5.74) is 1.00. The third-order valence-corrected chi connectivity index (χ3v) is 5.11. The van der Waals surface area contributed by atoms with Crippen molar-refractivity contribution in [3.05, 3.63) is 81.4 Å². The van der Waals surface area contributed by atoms with Gasteiger partial charge in [-0.05, 0) is 42.5 Å². The summed E-state index contributed by atoms with van der Waals surface area (Å²) in [7, 11) is 3.12. The van der Waals surface area contributed by atoms with Crippen LogP contribution in [0.25, 0.3) is 33.4 Å². The van der Waals surface area contributed by atoms with Gasteiger partial charge in [-0.1, -0.05) is 0 Å². The van der Waals surface area contributed by atoms with E-state index in [0.29, 0.717) is 39.1 Å². The van der Waals surface area contributed by atoms with Gasteiger partial charge in [-0.2, -0.15) is 4.98 Å². The van der Waals surface area contributed by atoms with Gasteiger partial charge in [-0.3, -0.25) is 19.3 Å². The van der Waals surface area contributed by atoms with Crippen LogP contribution in [-0.2, 0) is 11.3 Å². The van der Waals surface area contributed by atoms with Crippen molar-refractivity contribution in [3.63, 3.8) is 0 Å². The molecule has 0 bridgehead atoms. The normalized spacial score (nSPS) is 11.3. The van der Waals surface area contributed by atoms with Crippen LogP contribution in [0.15, 0.2) is 64.4 Å². The highest BCUT2D eigenvalue weighted by atomic mass is 16.5. The standard InChI is InChI=1S/C22H18N6O4/c1-31-12-19-24-22(26-25-19)28-10-8-18-16(21(28)30)11-15-17(23-18)7-9-27(20(15)29)13-3-5-14(32-2)6-4-13/h3-11H,12H2,1-2H3,(H,24,25,26). The Balaban J connectivity index is 1.67. The smallest absolute Gasteiger partial charge is 0.267 e. The Morgan fingerprint density at radius 3 is 2.19 bits per heavy atom. The topological polar surface area (TPSA) is 117 Å². The van der Waals surface area contributed by atoms with Crippen molar-refractivity contribution in [2.24, 2.45) is 0 Å². The molecule has 0 amide bonds. The molecule has 0 aliphatic carbocycles. The predicted molar refractivity (Wildman–Crippen MR) is 118 cm³/mol. The first kappa shape index (κ1) is 19.6. The van der Waals surface area contributed by atoms with Gasteiger partial charge in [0, 0.05) is 25.2 Å². The first-order valence-electron chi connectivity index (χ1n) is 9.72. The fourth-order valence-corrected chi connectivity index (χ4v) is 3.52. The van der Waals surface area contributed by atoms with Crippen LogP contribution in [0.1, 0.15) is 5.82 Å². The number of nitrogens with zero attached hydrogens (tertiary/aromatic N) is 5. The van der Waals surface area contributed by atoms with Crippen molar-refractivity contribution in [1.82, 2.24) is 29.3 Å². The highest BCUT2D eigenvalue weighted by Crippen LogP contribution is 2.18. The van der Waals surface area contributed by atoms with Gasteiger partial charge < -0.3 is 9.47 Å². The number of fused-ring (bicyclic) bond motifs is 2. The third kappa shape index (κ3) is 3.22. The second-order valence-corrected chi connectivity index (χ2v) is 7.05. The average Bonchev–Trinajstić information content (AvgIpc) is 3.27. The molecule has 4 heterocycles. The molecule has 0 saturated carbocycles. The molecule has 0 aliphatic heterocycles. The van der Waals surface area contributed by atoms with Crippen molar-refractivity contribution in [3.8, 4) is 17.4 Å². The molecular formula is C22H18N6O4. The largest absolute Gasteiger partial charge is 0.497 e. The minimum absolute atomic E-state index is 0.188. The van der Waals surface area contributed by atoms with Crippen LogP contribution in [0.5, 0.6) is 5.75 Å². The van der Waals surface area contributed by atoms with Gasteiger partial charge in [-0.25, -0.2) is 9.55 Å². The fourth-order valence-electron chi connectivity index (χ4n) is 3.52. The van der Waals surface area contributed by atoms with Crippen molar-refractivity contribution >= 4 is 21.8 Å². The molecule has 4 aromatic heterocycles. The third-order valence-electron chi connectivity index (χ3n) is 5.11. The fraction of sp³-hybridized carbons (Fsp3) is 0.136. The number of pyridine rings is 3. The summed E-state index contributed by atoms with van der Waals surface area (Å²) in [5.74, 6) is 1.37. The van der Waals surface area contributed by atoms with E-state index >= 15 is 0 Å². The Hall–Kier alpha value is -4.31. The molecule has 10 heteroatoms. The van der Waals surface area contributed by atoms with Gasteiger partial charge in [0.1, 0.15) is 12.4 Å². The number of aromatic nitrogens is 6. The molecule has 32 heavy (non-hydrogen) atoms. The molecular weight excluding hydrogens is 412 g/mol. The van der Waals surface area contributed by atoms with Gasteiger partial charge in [0.15, 0.2) is 5.82 Å². The molecule has 1 N–H and O–H groups in total. The Bertz CT molecular complexity index is 1570. The van der Waals surface area contributed by atoms with Crippen LogP contribution in [0.4, 0.5) is 0 Å². The summed E-state index contributed by atoms with van der Waals surface area (Å²) in [4.78, 5) is 35.1. The summed E-state index contributed by atoms with van der Waals surface area (Å²) in [6, 6.07) is 12.1. The van der Waals surface area contributed by atoms with Crippen LogP contribution in [0.2, 0.25) is 0 Å². The zero-order chi connectivity index (χ0) is 22.2. The van der Waals surface area contributed by atoms with Crippen molar-refractivity contribution in [2.45, 2.75) is 6.61 Å². The van der Waals surface area contributed by atoms with Gasteiger partial charge in [0.05, 0.1) is 28.9 Å². The predicted octanol–water partition coefficient (Wildman–Crippen LogP) is 1.96. The second kappa shape index (κ2) is 7.75. The highest BCUT2D eigenvalue weighted by Gasteiger charge is 2.13. The molecule has 160 valence electrons. The number of benzene rings is 1. The van der Waals surface area contributed by atoms with Crippen LogP contribution < -0.4 is 15.9 Å². The van der Waals surface area contributed by atoms with Crippen molar-refractivity contribution in [2.75, 3.05) is 14.2 Å². The Morgan fingerprint density at radius 2 is 1.53 bits per heavy atom. The van der Waals surface area contributed by atoms with Gasteiger partial charge in [-0.15, -0.1) is 5.10 Å². The molecule has 0 aliphatic rings. The number of methoxy groups -OCH3 is 2. The molecule has 5 aromatic rings. The minimum Gasteiger partial charge on any atom is -0.497 e. The minimum atomic E-state index is -0.376. The van der Waals surface area contributed by atoms with E-state index < -0.39 is 0 Å². The van der Waals surface area contributed by atoms with Gasteiger partial charge >= 0.3 is 0 Å². The van der Waals surface area contributed by atoms with E-state index in [9.17, 15) is 9.59 Å². The zero-order valence-corrected chi connectivity index (χ0v) is 17.3. The van der Waals surface area contributed by atoms with E-state index in [1.165, 1.54) is 9.13 Å². The lowest BCUT2D eigenvalue weighted by Crippen LogP contribution is -2.21. The number of H-pyrrole nitrogens is 1. The summed E-state index contributed by atoms with van der Waals surface area (Å²) in [6.07, 6.45) is 3.22. The number of aromatic amines is 1. The van der Waals surface area contributed by atoms with E-state index in [2.05, 4.69) is 20.2 Å². The van der Waals surface area contributed by atoms with Crippen molar-refractivity contribution < 1.29 is 9.47 Å². The highest BCUT2D eigenvalue weighted by molar-refractivity contribution is 5.91. The Kier molecular flexibility index (Phi) is 4.75. The number of hydrogen-bond acceptors (Lipinski definition) is 7. The Morgan fingerprint density at radius 1 is 0.875 bits per heavy atom. The quantitative estimate of drug-likeness (QED) is 0.424. The zero-order valence-electron chi connectivity index (χ0n) is 17.3. The lowest BCUT2D eigenvalue weighted by Gasteiger charge is -2.09. The number of ether oxygens (including phenoxy) is 2. The maximum Gasteiger partial charge on any atom is 0.267 e. The molecule has 10 nitrogen and oxygen atoms in total. The molecule has 0 fully saturated rings. The lowest BCUT2D eigenvalue weighted by atomic mass is 10.2. The molecule has 0 radical (unpaired) electrons. The molecule has 0 saturated heterocycles. The summed E-state index contributed by atoms with van der Waals surface area (Å²) >= 11 is 0. The van der Waals surface area contributed by atoms with Crippen LogP contribution in [-0.4, -0.2) is 43.5 Å². The molecule has 1 aromatic carbocycles. The summed E-state index contributed by atoms with van der Waals surface area (Å²) in [5, 5.41) is 7.43. The van der Waals surface area contributed by atoms with Crippen LogP contribution in [0, 0.1) is 0 Å². The monoisotopic (exact) mass is 430 g/mol. The number of nitrogens with one attached hydrogen (secondary N) is 1. The first-order valence-corrected chi connectivity index (χ1v) is 9.72. The molecule has 0 atom stereocenters. The average molecular weight is 430 g/mol. The molecule has 0 unspecified atom stereocenters. The second-order valence-electron chi connectivity index (χ2n) is 7.05. The van der Waals surface area contributed by atoms with E-state index in [-0.39, 0.29) is 23.7 Å². The summed E-state index contributed by atoms with van der Waals surface area (Å²) < 4.78 is 13.0. The molecule has 0 spiro atoms. The van der Waals surface area contributed by atoms with E-state index in [4.69, 9.17) is 9.47 Å². The maximum atomic E-state index is 13.2. The SMILES string of the molecule is COCc1nc(-n2ccc3nc4ccn(-c5ccc(OC)cc5)c(=O)c4cc3c2=O)n[nH]1. The van der Waals surface area contributed by atoms with E-state index in [0.717, 1.165) is 0 Å². The summed E-state index contributed by atoms with van der Waals surface area (Å²) in [6.45, 7) is 0.242. The lowest BCUT2D eigenvalue weighted by molar-refractivity contribution is 0.178. The van der Waals surface area contributed by atoms with E-state index in [1.54, 1.807) is 69.1 Å². The van der Waals surface area contributed by atoms with Gasteiger partial charge in [0.2, 0.25) is 0 Å². The van der Waals surface area contributed by atoms with Crippen LogP contribution in [0.3, 0.4) is 0 Å². The molecule has 5 rings (SSSR count). The van der Waals surface area contributed by atoms with E-state index in [1.807, 2.05) is 0 Å². The van der Waals surface area contributed by atoms with Crippen molar-refractivity contribution in [1.29, 1.82) is 0 Å². The first-order chi connectivity index (χ1) is 15.6. The maximum absolute atomic E-state index is 13.2. The number of rotatable bonds is 5. The number of hydrogen-bond donors (Lipinski definition) is 1. The van der Waals surface area contributed by atoms with Gasteiger partial charge in [0.25, 0.3) is 17.1 Å². The Labute approximate surface area is 180 Å².